The number of hydrogen-bond donors (Lipinski definition) is 0. The van der Waals surface area contributed by atoms with Gasteiger partial charge < -0.3 is 9.26 Å². The van der Waals surface area contributed by atoms with Gasteiger partial charge in [0.2, 0.25) is 0 Å². The first kappa shape index (κ1) is 12.3. The number of nitrogens with zero attached hydrogens (tertiary/aromatic N) is 2. The van der Waals surface area contributed by atoms with Crippen molar-refractivity contribution in [2.24, 2.45) is 0 Å². The number of carbonyl (C=O) groups is 1. The van der Waals surface area contributed by atoms with Crippen LogP contribution in [0.15, 0.2) is 47.0 Å². The Morgan fingerprint density at radius 2 is 2.00 bits per heavy atom. The second-order valence-electron chi connectivity index (χ2n) is 4.34. The molecule has 5 heteroatoms. The first-order chi connectivity index (χ1) is 9.74. The molecule has 0 aliphatic rings. The zero-order valence-corrected chi connectivity index (χ0v) is 10.9. The maximum Gasteiger partial charge on any atom is 0.339 e. The molecule has 100 valence electrons. The van der Waals surface area contributed by atoms with Gasteiger partial charge >= 0.3 is 5.97 Å². The van der Waals surface area contributed by atoms with Crippen molar-refractivity contribution in [3.05, 3.63) is 59.7 Å². The molecule has 0 saturated heterocycles. The minimum absolute atomic E-state index is 0.0249. The maximum absolute atomic E-state index is 12.1. The monoisotopic (exact) mass is 268 g/mol. The molecule has 0 aliphatic heterocycles. The van der Waals surface area contributed by atoms with E-state index in [1.807, 2.05) is 36.4 Å². The van der Waals surface area contributed by atoms with Crippen LogP contribution in [0.25, 0.3) is 10.8 Å². The van der Waals surface area contributed by atoms with Gasteiger partial charge in [0.25, 0.3) is 5.89 Å². The van der Waals surface area contributed by atoms with Crippen LogP contribution in [0.4, 0.5) is 0 Å². The number of aryl methyl sites for hydroxylation is 1. The molecule has 0 amide bonds. The highest BCUT2D eigenvalue weighted by Crippen LogP contribution is 2.19. The quantitative estimate of drug-likeness (QED) is 0.683. The van der Waals surface area contributed by atoms with Gasteiger partial charge in [-0.3, -0.25) is 0 Å². The first-order valence-corrected chi connectivity index (χ1v) is 6.18. The Bertz CT molecular complexity index is 759. The summed E-state index contributed by atoms with van der Waals surface area (Å²) >= 11 is 0. The highest BCUT2D eigenvalue weighted by Gasteiger charge is 2.13. The van der Waals surface area contributed by atoms with Crippen LogP contribution in [0, 0.1) is 6.92 Å². The number of fused-ring (bicyclic) bond motifs is 1. The summed E-state index contributed by atoms with van der Waals surface area (Å²) in [5.74, 6) is 0.398. The van der Waals surface area contributed by atoms with E-state index in [2.05, 4.69) is 10.1 Å². The van der Waals surface area contributed by atoms with Gasteiger partial charge in [-0.1, -0.05) is 41.6 Å². The Kier molecular flexibility index (Phi) is 3.16. The van der Waals surface area contributed by atoms with E-state index in [-0.39, 0.29) is 12.5 Å². The fourth-order valence-electron chi connectivity index (χ4n) is 2.01. The van der Waals surface area contributed by atoms with E-state index in [1.54, 1.807) is 13.0 Å². The molecule has 5 nitrogen and oxygen atoms in total. The number of rotatable bonds is 3. The van der Waals surface area contributed by atoms with Crippen molar-refractivity contribution >= 4 is 16.7 Å². The molecule has 3 aromatic rings. The standard InChI is InChI=1S/C15H12N2O3/c1-10-16-14(20-17-10)9-19-15(18)13-8-4-6-11-5-2-3-7-12(11)13/h2-8H,9H2,1H3. The third kappa shape index (κ3) is 2.38. The molecule has 0 bridgehead atoms. The summed E-state index contributed by atoms with van der Waals surface area (Å²) in [6.45, 7) is 1.68. The Morgan fingerprint density at radius 3 is 2.80 bits per heavy atom. The Balaban J connectivity index is 1.82. The van der Waals surface area contributed by atoms with Crippen molar-refractivity contribution in [1.82, 2.24) is 10.1 Å². The topological polar surface area (TPSA) is 65.2 Å². The zero-order valence-electron chi connectivity index (χ0n) is 10.9. The molecule has 20 heavy (non-hydrogen) atoms. The van der Waals surface area contributed by atoms with Crippen LogP contribution in [0.1, 0.15) is 22.1 Å². The summed E-state index contributed by atoms with van der Waals surface area (Å²) in [6, 6.07) is 13.2. The Morgan fingerprint density at radius 1 is 1.20 bits per heavy atom. The minimum atomic E-state index is -0.405. The summed E-state index contributed by atoms with van der Waals surface area (Å²) in [5.41, 5.74) is 0.527. The molecule has 0 saturated carbocycles. The third-order valence-corrected chi connectivity index (χ3v) is 2.91. The lowest BCUT2D eigenvalue weighted by molar-refractivity contribution is 0.0432. The molecule has 0 spiro atoms. The van der Waals surface area contributed by atoms with Gasteiger partial charge in [0.1, 0.15) is 0 Å². The SMILES string of the molecule is Cc1noc(COC(=O)c2cccc3ccccc23)n1. The smallest absolute Gasteiger partial charge is 0.339 e. The fourth-order valence-corrected chi connectivity index (χ4v) is 2.01. The van der Waals surface area contributed by atoms with Crippen molar-refractivity contribution in [3.63, 3.8) is 0 Å². The van der Waals surface area contributed by atoms with Gasteiger partial charge in [0.05, 0.1) is 5.56 Å². The van der Waals surface area contributed by atoms with E-state index in [0.717, 1.165) is 10.8 Å². The van der Waals surface area contributed by atoms with E-state index in [0.29, 0.717) is 11.4 Å². The highest BCUT2D eigenvalue weighted by molar-refractivity contribution is 6.04. The lowest BCUT2D eigenvalue weighted by atomic mass is 10.1. The molecule has 2 aromatic carbocycles. The van der Waals surface area contributed by atoms with Crippen molar-refractivity contribution in [3.8, 4) is 0 Å². The molecule has 0 unspecified atom stereocenters. The van der Waals surface area contributed by atoms with Crippen molar-refractivity contribution in [1.29, 1.82) is 0 Å². The number of benzene rings is 2. The second kappa shape index (κ2) is 5.13. The number of carbonyl (C=O) groups excluding carboxylic acids is 1. The third-order valence-electron chi connectivity index (χ3n) is 2.91. The van der Waals surface area contributed by atoms with Crippen molar-refractivity contribution in [2.75, 3.05) is 0 Å². The molecule has 0 atom stereocenters. The maximum atomic E-state index is 12.1. The largest absolute Gasteiger partial charge is 0.452 e. The number of hydrogen-bond acceptors (Lipinski definition) is 5. The van der Waals surface area contributed by atoms with Crippen LogP contribution >= 0.6 is 0 Å². The van der Waals surface area contributed by atoms with E-state index >= 15 is 0 Å². The summed E-state index contributed by atoms with van der Waals surface area (Å²) in [7, 11) is 0. The van der Waals surface area contributed by atoms with Gasteiger partial charge in [-0.15, -0.1) is 0 Å². The van der Waals surface area contributed by atoms with Crippen LogP contribution in [-0.2, 0) is 11.3 Å². The summed E-state index contributed by atoms with van der Waals surface area (Å²) in [5, 5.41) is 5.50. The molecule has 1 aromatic heterocycles. The predicted molar refractivity (Wildman–Crippen MR) is 72.1 cm³/mol. The summed E-state index contributed by atoms with van der Waals surface area (Å²) in [6.07, 6.45) is 0. The first-order valence-electron chi connectivity index (χ1n) is 6.18. The van der Waals surface area contributed by atoms with E-state index in [1.165, 1.54) is 0 Å². The van der Waals surface area contributed by atoms with Crippen molar-refractivity contribution < 1.29 is 14.1 Å². The fraction of sp³-hybridized carbons (Fsp3) is 0.133. The predicted octanol–water partition coefficient (Wildman–Crippen LogP) is 2.89. The Labute approximate surface area is 115 Å². The van der Waals surface area contributed by atoms with Gasteiger partial charge in [0.15, 0.2) is 12.4 Å². The molecule has 1 heterocycles. The lowest BCUT2D eigenvalue weighted by Gasteiger charge is -2.05. The van der Waals surface area contributed by atoms with E-state index in [9.17, 15) is 4.79 Å². The molecule has 3 rings (SSSR count). The van der Waals surface area contributed by atoms with Gasteiger partial charge in [-0.25, -0.2) is 4.79 Å². The lowest BCUT2D eigenvalue weighted by Crippen LogP contribution is -2.06. The molecule has 0 fully saturated rings. The Hall–Kier alpha value is -2.69. The van der Waals surface area contributed by atoms with Crippen LogP contribution in [0.5, 0.6) is 0 Å². The molecule has 0 N–H and O–H groups in total. The van der Waals surface area contributed by atoms with E-state index < -0.39 is 5.97 Å². The summed E-state index contributed by atoms with van der Waals surface area (Å²) < 4.78 is 10.1. The number of ether oxygens (including phenoxy) is 1. The van der Waals surface area contributed by atoms with Crippen LogP contribution in [-0.4, -0.2) is 16.1 Å². The number of aromatic nitrogens is 2. The highest BCUT2D eigenvalue weighted by atomic mass is 16.6. The van der Waals surface area contributed by atoms with Gasteiger partial charge in [-0.2, -0.15) is 4.98 Å². The molecule has 0 aliphatic carbocycles. The zero-order chi connectivity index (χ0) is 13.9. The van der Waals surface area contributed by atoms with Crippen LogP contribution in [0.2, 0.25) is 0 Å². The number of esters is 1. The molecular formula is C15H12N2O3. The van der Waals surface area contributed by atoms with Crippen molar-refractivity contribution in [2.45, 2.75) is 13.5 Å². The van der Waals surface area contributed by atoms with Crippen LogP contribution in [0.3, 0.4) is 0 Å². The average molecular weight is 268 g/mol. The van der Waals surface area contributed by atoms with Crippen LogP contribution < -0.4 is 0 Å². The van der Waals surface area contributed by atoms with Gasteiger partial charge in [-0.05, 0) is 23.8 Å². The molecular weight excluding hydrogens is 256 g/mol. The minimum Gasteiger partial charge on any atom is -0.452 e. The van der Waals surface area contributed by atoms with Gasteiger partial charge in [0, 0.05) is 0 Å². The molecule has 0 radical (unpaired) electrons. The van der Waals surface area contributed by atoms with E-state index in [4.69, 9.17) is 9.26 Å². The summed E-state index contributed by atoms with van der Waals surface area (Å²) in [4.78, 5) is 16.1. The normalized spacial score (nSPS) is 10.7. The second-order valence-corrected chi connectivity index (χ2v) is 4.34. The average Bonchev–Trinajstić information content (AvgIpc) is 2.90.